The van der Waals surface area contributed by atoms with Gasteiger partial charge in [0, 0.05) is 12.5 Å². The number of H-pyrrole nitrogens is 1. The molecule has 1 aromatic heterocycles. The van der Waals surface area contributed by atoms with Crippen LogP contribution in [0.15, 0.2) is 24.4 Å². The van der Waals surface area contributed by atoms with Crippen LogP contribution in [0, 0.1) is 13.8 Å². The van der Waals surface area contributed by atoms with E-state index in [9.17, 15) is 4.79 Å². The van der Waals surface area contributed by atoms with Crippen molar-refractivity contribution in [2.75, 3.05) is 18.4 Å². The number of aromatic amines is 1. The standard InChI is InChI=1S/C17H22N4O/c1-11-3-4-12(2)14(7-11)8-16(22)20-15-10-19-21-17(15)13-5-6-18-9-13/h3-4,7,10,13,18H,5-6,8-9H2,1-2H3,(H,19,21)(H,20,22). The van der Waals surface area contributed by atoms with E-state index in [0.29, 0.717) is 12.3 Å². The number of anilines is 1. The molecule has 0 aliphatic carbocycles. The summed E-state index contributed by atoms with van der Waals surface area (Å²) >= 11 is 0. The molecule has 3 rings (SSSR count). The first-order valence-electron chi connectivity index (χ1n) is 7.73. The van der Waals surface area contributed by atoms with Crippen LogP contribution in [0.4, 0.5) is 5.69 Å². The number of hydrogen-bond acceptors (Lipinski definition) is 3. The highest BCUT2D eigenvalue weighted by molar-refractivity contribution is 5.93. The molecule has 116 valence electrons. The molecule has 1 unspecified atom stereocenters. The maximum Gasteiger partial charge on any atom is 0.228 e. The van der Waals surface area contributed by atoms with Crippen molar-refractivity contribution in [3.05, 3.63) is 46.8 Å². The number of carbonyl (C=O) groups is 1. The minimum atomic E-state index is 0.00214. The zero-order chi connectivity index (χ0) is 15.5. The highest BCUT2D eigenvalue weighted by Crippen LogP contribution is 2.27. The summed E-state index contributed by atoms with van der Waals surface area (Å²) in [6, 6.07) is 6.20. The number of benzene rings is 1. The highest BCUT2D eigenvalue weighted by atomic mass is 16.1. The molecule has 1 atom stereocenters. The molecule has 0 bridgehead atoms. The van der Waals surface area contributed by atoms with Gasteiger partial charge in [0.2, 0.25) is 5.91 Å². The molecule has 1 aliphatic heterocycles. The van der Waals surface area contributed by atoms with Gasteiger partial charge < -0.3 is 10.6 Å². The quantitative estimate of drug-likeness (QED) is 0.811. The molecule has 0 radical (unpaired) electrons. The summed E-state index contributed by atoms with van der Waals surface area (Å²) in [5.74, 6) is 0.404. The maximum atomic E-state index is 12.3. The average Bonchev–Trinajstić information content (AvgIpc) is 3.13. The number of amides is 1. The van der Waals surface area contributed by atoms with Crippen molar-refractivity contribution in [1.82, 2.24) is 15.5 Å². The van der Waals surface area contributed by atoms with Crippen molar-refractivity contribution < 1.29 is 4.79 Å². The Morgan fingerprint density at radius 3 is 3.05 bits per heavy atom. The number of hydrogen-bond donors (Lipinski definition) is 3. The lowest BCUT2D eigenvalue weighted by molar-refractivity contribution is -0.115. The van der Waals surface area contributed by atoms with Crippen LogP contribution in [-0.2, 0) is 11.2 Å². The molecule has 0 saturated carbocycles. The van der Waals surface area contributed by atoms with E-state index in [4.69, 9.17) is 0 Å². The topological polar surface area (TPSA) is 69.8 Å². The van der Waals surface area contributed by atoms with E-state index in [2.05, 4.69) is 39.0 Å². The SMILES string of the molecule is Cc1ccc(C)c(CC(=O)Nc2cn[nH]c2C2CCNC2)c1. The zero-order valence-corrected chi connectivity index (χ0v) is 13.1. The normalized spacial score (nSPS) is 17.6. The van der Waals surface area contributed by atoms with Crippen LogP contribution < -0.4 is 10.6 Å². The second kappa shape index (κ2) is 6.32. The van der Waals surface area contributed by atoms with Crippen molar-refractivity contribution in [2.24, 2.45) is 0 Å². The lowest BCUT2D eigenvalue weighted by Crippen LogP contribution is -2.17. The Bertz CT molecular complexity index is 671. The van der Waals surface area contributed by atoms with E-state index in [-0.39, 0.29) is 5.91 Å². The first kappa shape index (κ1) is 14.8. The minimum absolute atomic E-state index is 0.00214. The molecule has 22 heavy (non-hydrogen) atoms. The smallest absolute Gasteiger partial charge is 0.228 e. The van der Waals surface area contributed by atoms with E-state index < -0.39 is 0 Å². The fourth-order valence-electron chi connectivity index (χ4n) is 2.97. The molecule has 1 amide bonds. The summed E-state index contributed by atoms with van der Waals surface area (Å²) in [7, 11) is 0. The third-order valence-electron chi connectivity index (χ3n) is 4.27. The maximum absolute atomic E-state index is 12.3. The predicted octanol–water partition coefficient (Wildman–Crippen LogP) is 2.28. The largest absolute Gasteiger partial charge is 0.323 e. The third-order valence-corrected chi connectivity index (χ3v) is 4.27. The van der Waals surface area contributed by atoms with Crippen molar-refractivity contribution in [1.29, 1.82) is 0 Å². The Morgan fingerprint density at radius 1 is 1.41 bits per heavy atom. The molecule has 5 nitrogen and oxygen atoms in total. The first-order chi connectivity index (χ1) is 10.6. The van der Waals surface area contributed by atoms with Gasteiger partial charge in [0.25, 0.3) is 0 Å². The number of aryl methyl sites for hydroxylation is 2. The van der Waals surface area contributed by atoms with Gasteiger partial charge in [-0.15, -0.1) is 0 Å². The summed E-state index contributed by atoms with van der Waals surface area (Å²) in [6.45, 7) is 6.03. The van der Waals surface area contributed by atoms with Crippen molar-refractivity contribution in [3.63, 3.8) is 0 Å². The molecule has 3 N–H and O–H groups in total. The number of carbonyl (C=O) groups excluding carboxylic acids is 1. The van der Waals surface area contributed by atoms with Gasteiger partial charge in [-0.2, -0.15) is 5.10 Å². The Kier molecular flexibility index (Phi) is 4.24. The monoisotopic (exact) mass is 298 g/mol. The van der Waals surface area contributed by atoms with Crippen LogP contribution in [0.2, 0.25) is 0 Å². The molecular formula is C17H22N4O. The molecule has 0 spiro atoms. The van der Waals surface area contributed by atoms with E-state index in [1.807, 2.05) is 13.8 Å². The lowest BCUT2D eigenvalue weighted by Gasteiger charge is -2.11. The lowest BCUT2D eigenvalue weighted by atomic mass is 10.0. The van der Waals surface area contributed by atoms with Crippen molar-refractivity contribution >= 4 is 11.6 Å². The third kappa shape index (κ3) is 3.20. The molecule has 1 aromatic carbocycles. The van der Waals surface area contributed by atoms with Gasteiger partial charge >= 0.3 is 0 Å². The molecular weight excluding hydrogens is 276 g/mol. The summed E-state index contributed by atoms with van der Waals surface area (Å²) in [5, 5.41) is 13.5. The summed E-state index contributed by atoms with van der Waals surface area (Å²) in [6.07, 6.45) is 3.16. The molecule has 1 fully saturated rings. The van der Waals surface area contributed by atoms with Crippen molar-refractivity contribution in [2.45, 2.75) is 32.6 Å². The highest BCUT2D eigenvalue weighted by Gasteiger charge is 2.22. The molecule has 1 saturated heterocycles. The van der Waals surface area contributed by atoms with Gasteiger partial charge in [0.15, 0.2) is 0 Å². The predicted molar refractivity (Wildman–Crippen MR) is 87.1 cm³/mol. The number of nitrogens with zero attached hydrogens (tertiary/aromatic N) is 1. The van der Waals surface area contributed by atoms with Gasteiger partial charge in [-0.05, 0) is 37.9 Å². The van der Waals surface area contributed by atoms with Crippen LogP contribution in [0.3, 0.4) is 0 Å². The molecule has 5 heteroatoms. The van der Waals surface area contributed by atoms with Gasteiger partial charge in [0.05, 0.1) is 24.0 Å². The Morgan fingerprint density at radius 2 is 2.27 bits per heavy atom. The molecule has 2 aromatic rings. The van der Waals surface area contributed by atoms with Gasteiger partial charge in [-0.25, -0.2) is 0 Å². The van der Waals surface area contributed by atoms with E-state index in [1.54, 1.807) is 6.20 Å². The fourth-order valence-corrected chi connectivity index (χ4v) is 2.97. The van der Waals surface area contributed by atoms with Crippen molar-refractivity contribution in [3.8, 4) is 0 Å². The Balaban J connectivity index is 1.69. The van der Waals surface area contributed by atoms with Crippen LogP contribution in [0.25, 0.3) is 0 Å². The molecule has 1 aliphatic rings. The number of rotatable bonds is 4. The Labute approximate surface area is 130 Å². The van der Waals surface area contributed by atoms with Gasteiger partial charge in [0.1, 0.15) is 0 Å². The first-order valence-corrected chi connectivity index (χ1v) is 7.73. The zero-order valence-electron chi connectivity index (χ0n) is 13.1. The van der Waals surface area contributed by atoms with Gasteiger partial charge in [-0.3, -0.25) is 9.89 Å². The number of nitrogens with one attached hydrogen (secondary N) is 3. The summed E-state index contributed by atoms with van der Waals surface area (Å²) < 4.78 is 0. The fraction of sp³-hybridized carbons (Fsp3) is 0.412. The summed E-state index contributed by atoms with van der Waals surface area (Å²) in [4.78, 5) is 12.3. The van der Waals surface area contributed by atoms with E-state index in [0.717, 1.165) is 42.0 Å². The minimum Gasteiger partial charge on any atom is -0.323 e. The van der Waals surface area contributed by atoms with Crippen LogP contribution in [0.1, 0.15) is 34.7 Å². The Hall–Kier alpha value is -2.14. The summed E-state index contributed by atoms with van der Waals surface area (Å²) in [5.41, 5.74) is 5.23. The second-order valence-electron chi connectivity index (χ2n) is 6.04. The molecule has 2 heterocycles. The average molecular weight is 298 g/mol. The van der Waals surface area contributed by atoms with Gasteiger partial charge in [-0.1, -0.05) is 23.8 Å². The van der Waals surface area contributed by atoms with E-state index in [1.165, 1.54) is 5.56 Å². The second-order valence-corrected chi connectivity index (χ2v) is 6.04. The number of aromatic nitrogens is 2. The van der Waals surface area contributed by atoms with Crippen LogP contribution >= 0.6 is 0 Å². The van der Waals surface area contributed by atoms with E-state index >= 15 is 0 Å². The van der Waals surface area contributed by atoms with Crippen LogP contribution in [0.5, 0.6) is 0 Å². The van der Waals surface area contributed by atoms with Crippen LogP contribution in [-0.4, -0.2) is 29.2 Å².